The highest BCUT2D eigenvalue weighted by atomic mass is 35.5. The van der Waals surface area contributed by atoms with Gasteiger partial charge in [0.25, 0.3) is 5.91 Å². The number of carbonyl (C=O) groups is 3. The number of hydrogen-bond donors (Lipinski definition) is 2. The van der Waals surface area contributed by atoms with Crippen LogP contribution in [0.3, 0.4) is 0 Å². The Morgan fingerprint density at radius 1 is 1.25 bits per heavy atom. The zero-order chi connectivity index (χ0) is 20.3. The average Bonchev–Trinajstić information content (AvgIpc) is 2.63. The smallest absolute Gasteiger partial charge is 0.307 e. The quantitative estimate of drug-likeness (QED) is 0.718. The molecule has 6 nitrogen and oxygen atoms in total. The molecular weight excluding hydrogens is 400 g/mol. The standard InChI is InChI=1S/C20H19ClN2O4S/c1-11-7-12(2)19(13(21)8-11)23-17(24)10-27-18(25)9-16-20(26)22-14-5-3-4-6-15(14)28-16/h3-8,16H,9-10H2,1-2H3,(H,22,26)(H,23,24)/t16-/m0/s1. The van der Waals surface area contributed by atoms with Gasteiger partial charge in [0, 0.05) is 4.90 Å². The van der Waals surface area contributed by atoms with Gasteiger partial charge in [-0.15, -0.1) is 11.8 Å². The summed E-state index contributed by atoms with van der Waals surface area (Å²) in [5.74, 6) is -1.37. The fourth-order valence-corrected chi connectivity index (χ4v) is 4.30. The minimum Gasteiger partial charge on any atom is -0.456 e. The summed E-state index contributed by atoms with van der Waals surface area (Å²) >= 11 is 7.46. The van der Waals surface area contributed by atoms with Crippen LogP contribution in [0.5, 0.6) is 0 Å². The molecule has 1 atom stereocenters. The van der Waals surface area contributed by atoms with Crippen molar-refractivity contribution < 1.29 is 19.1 Å². The van der Waals surface area contributed by atoms with Crippen LogP contribution < -0.4 is 10.6 Å². The minimum absolute atomic E-state index is 0.123. The van der Waals surface area contributed by atoms with Crippen molar-refractivity contribution in [3.63, 3.8) is 0 Å². The summed E-state index contributed by atoms with van der Waals surface area (Å²) in [6.07, 6.45) is -0.123. The summed E-state index contributed by atoms with van der Waals surface area (Å²) in [5, 5.41) is 5.25. The third kappa shape index (κ3) is 4.85. The lowest BCUT2D eigenvalue weighted by atomic mass is 10.1. The first kappa shape index (κ1) is 20.2. The van der Waals surface area contributed by atoms with Gasteiger partial charge in [0.2, 0.25) is 5.91 Å². The summed E-state index contributed by atoms with van der Waals surface area (Å²) < 4.78 is 5.03. The number of halogens is 1. The van der Waals surface area contributed by atoms with Crippen LogP contribution in [0.15, 0.2) is 41.3 Å². The predicted molar refractivity (Wildman–Crippen MR) is 110 cm³/mol. The summed E-state index contributed by atoms with van der Waals surface area (Å²) in [6.45, 7) is 3.29. The Kier molecular flexibility index (Phi) is 6.26. The number of para-hydroxylation sites is 1. The molecule has 0 radical (unpaired) electrons. The number of amides is 2. The van der Waals surface area contributed by atoms with Gasteiger partial charge < -0.3 is 15.4 Å². The molecule has 0 saturated carbocycles. The molecule has 28 heavy (non-hydrogen) atoms. The zero-order valence-corrected chi connectivity index (χ0v) is 16.9. The van der Waals surface area contributed by atoms with Gasteiger partial charge in [0.15, 0.2) is 6.61 Å². The van der Waals surface area contributed by atoms with Crippen LogP contribution in [0, 0.1) is 13.8 Å². The number of rotatable bonds is 5. The van der Waals surface area contributed by atoms with Crippen LogP contribution in [0.4, 0.5) is 11.4 Å². The molecule has 146 valence electrons. The van der Waals surface area contributed by atoms with Gasteiger partial charge >= 0.3 is 5.97 Å². The second-order valence-electron chi connectivity index (χ2n) is 6.44. The Bertz CT molecular complexity index is 925. The fourth-order valence-electron chi connectivity index (χ4n) is 2.83. The van der Waals surface area contributed by atoms with Crippen molar-refractivity contribution in [2.75, 3.05) is 17.2 Å². The van der Waals surface area contributed by atoms with Crippen molar-refractivity contribution in [3.8, 4) is 0 Å². The lowest BCUT2D eigenvalue weighted by molar-refractivity contribution is -0.147. The summed E-state index contributed by atoms with van der Waals surface area (Å²) in [7, 11) is 0. The number of fused-ring (bicyclic) bond motifs is 1. The van der Waals surface area contributed by atoms with E-state index in [1.54, 1.807) is 12.1 Å². The number of ether oxygens (including phenoxy) is 1. The number of benzene rings is 2. The monoisotopic (exact) mass is 418 g/mol. The number of carbonyl (C=O) groups excluding carboxylic acids is 3. The predicted octanol–water partition coefficient (Wildman–Crippen LogP) is 3.94. The molecule has 0 fully saturated rings. The van der Waals surface area contributed by atoms with Crippen LogP contribution in [0.2, 0.25) is 5.02 Å². The Morgan fingerprint density at radius 2 is 2.00 bits per heavy atom. The Morgan fingerprint density at radius 3 is 2.75 bits per heavy atom. The molecule has 1 heterocycles. The van der Waals surface area contributed by atoms with Crippen LogP contribution in [0.25, 0.3) is 0 Å². The van der Waals surface area contributed by atoms with E-state index in [-0.39, 0.29) is 12.3 Å². The highest BCUT2D eigenvalue weighted by Crippen LogP contribution is 2.36. The number of nitrogens with one attached hydrogen (secondary N) is 2. The summed E-state index contributed by atoms with van der Waals surface area (Å²) in [6, 6.07) is 11.0. The van der Waals surface area contributed by atoms with Crippen molar-refractivity contribution in [2.45, 2.75) is 30.4 Å². The van der Waals surface area contributed by atoms with Crippen LogP contribution in [0.1, 0.15) is 17.5 Å². The van der Waals surface area contributed by atoms with Crippen molar-refractivity contribution in [3.05, 3.63) is 52.5 Å². The minimum atomic E-state index is -0.617. The van der Waals surface area contributed by atoms with Crippen molar-refractivity contribution in [2.24, 2.45) is 0 Å². The molecule has 2 N–H and O–H groups in total. The van der Waals surface area contributed by atoms with Gasteiger partial charge in [-0.25, -0.2) is 0 Å². The number of hydrogen-bond acceptors (Lipinski definition) is 5. The zero-order valence-electron chi connectivity index (χ0n) is 15.4. The maximum absolute atomic E-state index is 12.1. The van der Waals surface area contributed by atoms with Gasteiger partial charge in [-0.05, 0) is 43.2 Å². The van der Waals surface area contributed by atoms with E-state index in [0.717, 1.165) is 21.7 Å². The molecule has 0 aromatic heterocycles. The van der Waals surface area contributed by atoms with Crippen LogP contribution in [-0.2, 0) is 19.1 Å². The molecule has 8 heteroatoms. The second kappa shape index (κ2) is 8.67. The molecule has 1 aliphatic rings. The van der Waals surface area contributed by atoms with E-state index in [0.29, 0.717) is 10.7 Å². The van der Waals surface area contributed by atoms with E-state index in [2.05, 4.69) is 10.6 Å². The Labute approximate surface area is 172 Å². The van der Waals surface area contributed by atoms with Gasteiger partial charge in [-0.1, -0.05) is 29.8 Å². The number of anilines is 2. The normalized spacial score (nSPS) is 15.4. The second-order valence-corrected chi connectivity index (χ2v) is 8.10. The molecule has 2 aromatic rings. The van der Waals surface area contributed by atoms with E-state index in [9.17, 15) is 14.4 Å². The van der Waals surface area contributed by atoms with Gasteiger partial charge in [0.05, 0.1) is 28.1 Å². The lowest BCUT2D eigenvalue weighted by Gasteiger charge is -2.23. The molecule has 1 aliphatic heterocycles. The van der Waals surface area contributed by atoms with E-state index >= 15 is 0 Å². The number of aryl methyl sites for hydroxylation is 2. The highest BCUT2D eigenvalue weighted by molar-refractivity contribution is 8.01. The van der Waals surface area contributed by atoms with E-state index in [1.807, 2.05) is 38.1 Å². The van der Waals surface area contributed by atoms with Gasteiger partial charge in [0.1, 0.15) is 0 Å². The first-order valence-corrected chi connectivity index (χ1v) is 9.88. The van der Waals surface area contributed by atoms with Gasteiger partial charge in [-0.2, -0.15) is 0 Å². The molecule has 0 bridgehead atoms. The number of esters is 1. The third-order valence-corrected chi connectivity index (χ3v) is 5.69. The number of thioether (sulfide) groups is 1. The molecule has 0 spiro atoms. The highest BCUT2D eigenvalue weighted by Gasteiger charge is 2.29. The molecule has 0 unspecified atom stereocenters. The fraction of sp³-hybridized carbons (Fsp3) is 0.250. The van der Waals surface area contributed by atoms with E-state index in [4.69, 9.17) is 16.3 Å². The van der Waals surface area contributed by atoms with Crippen molar-refractivity contribution >= 4 is 52.5 Å². The van der Waals surface area contributed by atoms with Crippen LogP contribution in [-0.4, -0.2) is 29.6 Å². The van der Waals surface area contributed by atoms with Crippen molar-refractivity contribution in [1.82, 2.24) is 0 Å². The topological polar surface area (TPSA) is 84.5 Å². The summed E-state index contributed by atoms with van der Waals surface area (Å²) in [5.41, 5.74) is 3.02. The lowest BCUT2D eigenvalue weighted by Crippen LogP contribution is -2.32. The molecule has 2 amide bonds. The van der Waals surface area contributed by atoms with E-state index < -0.39 is 23.7 Å². The summed E-state index contributed by atoms with van der Waals surface area (Å²) in [4.78, 5) is 37.2. The molecule has 0 aliphatic carbocycles. The Balaban J connectivity index is 1.52. The average molecular weight is 419 g/mol. The maximum atomic E-state index is 12.1. The molecule has 3 rings (SSSR count). The molecule has 2 aromatic carbocycles. The molecule has 0 saturated heterocycles. The van der Waals surface area contributed by atoms with Gasteiger partial charge in [-0.3, -0.25) is 14.4 Å². The third-order valence-electron chi connectivity index (χ3n) is 4.12. The van der Waals surface area contributed by atoms with E-state index in [1.165, 1.54) is 11.8 Å². The first-order chi connectivity index (χ1) is 13.3. The maximum Gasteiger partial charge on any atom is 0.307 e. The SMILES string of the molecule is Cc1cc(C)c(NC(=O)COC(=O)C[C@@H]2Sc3ccccc3NC2=O)c(Cl)c1. The van der Waals surface area contributed by atoms with Crippen molar-refractivity contribution in [1.29, 1.82) is 0 Å². The Hall–Kier alpha value is -2.51. The van der Waals surface area contributed by atoms with Crippen LogP contribution >= 0.6 is 23.4 Å². The molecular formula is C20H19ClN2O4S. The largest absolute Gasteiger partial charge is 0.456 e. The first-order valence-electron chi connectivity index (χ1n) is 8.62.